The van der Waals surface area contributed by atoms with Crippen LogP contribution >= 0.6 is 0 Å². The minimum atomic E-state index is -1.28. The summed E-state index contributed by atoms with van der Waals surface area (Å²) in [7, 11) is 0.158. The molecule has 78 valence electrons. The van der Waals surface area contributed by atoms with Gasteiger partial charge in [0.25, 0.3) is 0 Å². The highest BCUT2D eigenvalue weighted by Crippen LogP contribution is 2.30. The Bertz CT molecular complexity index is 295. The molecule has 3 heteroatoms. The third-order valence-electron chi connectivity index (χ3n) is 2.40. The second kappa shape index (κ2) is 4.13. The smallest absolute Gasteiger partial charge is 0.309 e. The maximum absolute atomic E-state index is 11.2. The lowest BCUT2D eigenvalue weighted by molar-refractivity contribution is -0.139. The van der Waals surface area contributed by atoms with Crippen molar-refractivity contribution in [3.63, 3.8) is 0 Å². The van der Waals surface area contributed by atoms with Crippen molar-refractivity contribution in [1.82, 2.24) is 0 Å². The first-order valence-electron chi connectivity index (χ1n) is 4.92. The van der Waals surface area contributed by atoms with Gasteiger partial charge in [-0.3, -0.25) is 4.79 Å². The molecule has 0 atom stereocenters. The van der Waals surface area contributed by atoms with E-state index in [4.69, 9.17) is 0 Å². The topological polar surface area (TPSA) is 26.3 Å². The second-order valence-electron chi connectivity index (χ2n) is 4.59. The summed E-state index contributed by atoms with van der Waals surface area (Å²) in [5.41, 5.74) is 1.19. The van der Waals surface area contributed by atoms with Crippen molar-refractivity contribution in [2.75, 3.05) is 7.11 Å². The van der Waals surface area contributed by atoms with Crippen molar-refractivity contribution in [2.45, 2.75) is 32.5 Å². The van der Waals surface area contributed by atoms with Crippen molar-refractivity contribution in [1.29, 1.82) is 0 Å². The summed E-state index contributed by atoms with van der Waals surface area (Å²) in [5.74, 6) is -0.137. The molecule has 0 aromatic rings. The molecule has 14 heavy (non-hydrogen) atoms. The molecule has 0 fully saturated rings. The van der Waals surface area contributed by atoms with Crippen LogP contribution in [0.15, 0.2) is 22.9 Å². The van der Waals surface area contributed by atoms with E-state index in [0.717, 1.165) is 6.42 Å². The van der Waals surface area contributed by atoms with Gasteiger partial charge < -0.3 is 4.74 Å². The van der Waals surface area contributed by atoms with Crippen LogP contribution in [0.4, 0.5) is 0 Å². The quantitative estimate of drug-likeness (QED) is 0.529. The molecule has 1 aliphatic carbocycles. The highest BCUT2D eigenvalue weighted by molar-refractivity contribution is 6.84. The van der Waals surface area contributed by atoms with Crippen LogP contribution in [0.2, 0.25) is 19.6 Å². The standard InChI is InChI=1S/C11H18O2Si/c1-13-11(12)8-9-6-5-7-10(9)14(2,3)4/h6-7H,5,8H2,1-4H3. The summed E-state index contributed by atoms with van der Waals surface area (Å²) in [6.07, 6.45) is 5.81. The van der Waals surface area contributed by atoms with E-state index in [2.05, 4.69) is 36.5 Å². The van der Waals surface area contributed by atoms with Crippen LogP contribution in [0.3, 0.4) is 0 Å². The Kier molecular flexibility index (Phi) is 3.32. The predicted octanol–water partition coefficient (Wildman–Crippen LogP) is 2.68. The van der Waals surface area contributed by atoms with Gasteiger partial charge in [-0.25, -0.2) is 0 Å². The molecule has 0 spiro atoms. The van der Waals surface area contributed by atoms with Gasteiger partial charge in [-0.05, 0) is 12.0 Å². The van der Waals surface area contributed by atoms with E-state index in [9.17, 15) is 4.79 Å². The molecule has 0 amide bonds. The molecule has 0 aromatic carbocycles. The molecule has 0 saturated heterocycles. The van der Waals surface area contributed by atoms with E-state index in [1.165, 1.54) is 17.9 Å². The van der Waals surface area contributed by atoms with Crippen molar-refractivity contribution in [3.05, 3.63) is 22.9 Å². The van der Waals surface area contributed by atoms with Gasteiger partial charge in [0.1, 0.15) is 0 Å². The van der Waals surface area contributed by atoms with E-state index in [-0.39, 0.29) is 5.97 Å². The second-order valence-corrected chi connectivity index (χ2v) is 9.62. The summed E-state index contributed by atoms with van der Waals surface area (Å²) in [4.78, 5) is 11.2. The van der Waals surface area contributed by atoms with Gasteiger partial charge in [-0.1, -0.05) is 37.0 Å². The number of allylic oxidation sites excluding steroid dienone is 3. The van der Waals surface area contributed by atoms with Gasteiger partial charge in [0.05, 0.1) is 21.6 Å². The molecule has 1 aliphatic rings. The Labute approximate surface area is 86.7 Å². The number of carbonyl (C=O) groups is 1. The molecule has 1 rings (SSSR count). The van der Waals surface area contributed by atoms with Crippen LogP contribution in [-0.2, 0) is 9.53 Å². The van der Waals surface area contributed by atoms with E-state index in [0.29, 0.717) is 6.42 Å². The summed E-state index contributed by atoms with van der Waals surface area (Å²) in [5, 5.41) is 1.42. The molecule has 0 saturated carbocycles. The van der Waals surface area contributed by atoms with Gasteiger partial charge in [0.2, 0.25) is 0 Å². The zero-order chi connectivity index (χ0) is 10.8. The molecule has 0 aromatic heterocycles. The molecule has 0 unspecified atom stereocenters. The highest BCUT2D eigenvalue weighted by Gasteiger charge is 2.25. The summed E-state index contributed by atoms with van der Waals surface area (Å²) < 4.78 is 4.68. The molecule has 0 radical (unpaired) electrons. The summed E-state index contributed by atoms with van der Waals surface area (Å²) >= 11 is 0. The number of ether oxygens (including phenoxy) is 1. The maximum atomic E-state index is 11.2. The maximum Gasteiger partial charge on any atom is 0.309 e. The average Bonchev–Trinajstić information content (AvgIpc) is 2.51. The van der Waals surface area contributed by atoms with Gasteiger partial charge in [-0.15, -0.1) is 0 Å². The third kappa shape index (κ3) is 2.58. The molecule has 0 heterocycles. The van der Waals surface area contributed by atoms with Crippen LogP contribution < -0.4 is 0 Å². The number of esters is 1. The fraction of sp³-hybridized carbons (Fsp3) is 0.545. The van der Waals surface area contributed by atoms with E-state index in [1.807, 2.05) is 0 Å². The minimum absolute atomic E-state index is 0.137. The van der Waals surface area contributed by atoms with Crippen LogP contribution in [0, 0.1) is 0 Å². The first kappa shape index (κ1) is 11.2. The number of carbonyl (C=O) groups excluding carboxylic acids is 1. The van der Waals surface area contributed by atoms with Crippen molar-refractivity contribution in [2.24, 2.45) is 0 Å². The molecule has 0 bridgehead atoms. The number of hydrogen-bond donors (Lipinski definition) is 0. The Morgan fingerprint density at radius 1 is 1.43 bits per heavy atom. The summed E-state index contributed by atoms with van der Waals surface area (Å²) in [6.45, 7) is 6.90. The zero-order valence-electron chi connectivity index (χ0n) is 9.39. The van der Waals surface area contributed by atoms with Gasteiger partial charge in [0.15, 0.2) is 0 Å². The van der Waals surface area contributed by atoms with Gasteiger partial charge in [0, 0.05) is 0 Å². The Balaban J connectivity index is 2.73. The lowest BCUT2D eigenvalue weighted by Crippen LogP contribution is -2.25. The first-order valence-corrected chi connectivity index (χ1v) is 8.42. The predicted molar refractivity (Wildman–Crippen MR) is 60.8 cm³/mol. The van der Waals surface area contributed by atoms with Crippen LogP contribution in [-0.4, -0.2) is 21.2 Å². The monoisotopic (exact) mass is 210 g/mol. The minimum Gasteiger partial charge on any atom is -0.469 e. The Morgan fingerprint density at radius 2 is 2.07 bits per heavy atom. The van der Waals surface area contributed by atoms with Gasteiger partial charge >= 0.3 is 5.97 Å². The van der Waals surface area contributed by atoms with E-state index in [1.54, 1.807) is 0 Å². The largest absolute Gasteiger partial charge is 0.469 e. The van der Waals surface area contributed by atoms with Crippen LogP contribution in [0.5, 0.6) is 0 Å². The van der Waals surface area contributed by atoms with Crippen LogP contribution in [0.1, 0.15) is 12.8 Å². The Hall–Kier alpha value is -0.833. The van der Waals surface area contributed by atoms with Crippen molar-refractivity contribution >= 4 is 14.0 Å². The molecule has 2 nitrogen and oxygen atoms in total. The molecular formula is C11H18O2Si. The number of rotatable bonds is 3. The lowest BCUT2D eigenvalue weighted by Gasteiger charge is -2.20. The zero-order valence-corrected chi connectivity index (χ0v) is 10.4. The highest BCUT2D eigenvalue weighted by atomic mass is 28.3. The van der Waals surface area contributed by atoms with Crippen molar-refractivity contribution in [3.8, 4) is 0 Å². The normalized spacial score (nSPS) is 16.3. The van der Waals surface area contributed by atoms with Gasteiger partial charge in [-0.2, -0.15) is 0 Å². The lowest BCUT2D eigenvalue weighted by atomic mass is 10.2. The molecular weight excluding hydrogens is 192 g/mol. The molecule has 0 aliphatic heterocycles. The number of hydrogen-bond acceptors (Lipinski definition) is 2. The first-order chi connectivity index (χ1) is 6.45. The van der Waals surface area contributed by atoms with E-state index >= 15 is 0 Å². The fourth-order valence-electron chi connectivity index (χ4n) is 1.74. The summed E-state index contributed by atoms with van der Waals surface area (Å²) in [6, 6.07) is 0. The SMILES string of the molecule is COC(=O)CC1=CCC=C1[Si](C)(C)C. The number of methoxy groups -OCH3 is 1. The van der Waals surface area contributed by atoms with Crippen LogP contribution in [0.25, 0.3) is 0 Å². The molecule has 0 N–H and O–H groups in total. The fourth-order valence-corrected chi connectivity index (χ4v) is 3.63. The van der Waals surface area contributed by atoms with E-state index < -0.39 is 8.07 Å². The third-order valence-corrected chi connectivity index (χ3v) is 4.54. The Morgan fingerprint density at radius 3 is 2.57 bits per heavy atom. The average molecular weight is 210 g/mol. The van der Waals surface area contributed by atoms with Crippen molar-refractivity contribution < 1.29 is 9.53 Å².